The van der Waals surface area contributed by atoms with E-state index >= 15 is 0 Å². The molecular formula is C16H20ClNO4S. The molecule has 0 amide bonds. The first-order valence-electron chi connectivity index (χ1n) is 7.24. The Morgan fingerprint density at radius 1 is 1.30 bits per heavy atom. The second-order valence-electron chi connectivity index (χ2n) is 5.42. The second kappa shape index (κ2) is 7.49. The van der Waals surface area contributed by atoms with Gasteiger partial charge in [-0.05, 0) is 38.0 Å². The van der Waals surface area contributed by atoms with Crippen molar-refractivity contribution in [1.29, 1.82) is 0 Å². The van der Waals surface area contributed by atoms with E-state index in [0.717, 1.165) is 5.76 Å². The van der Waals surface area contributed by atoms with Crippen molar-refractivity contribution in [2.45, 2.75) is 32.1 Å². The van der Waals surface area contributed by atoms with Gasteiger partial charge in [0.05, 0.1) is 11.9 Å². The average Bonchev–Trinajstić information content (AvgIpc) is 2.80. The average molecular weight is 358 g/mol. The Labute approximate surface area is 141 Å². The zero-order valence-corrected chi connectivity index (χ0v) is 14.6. The van der Waals surface area contributed by atoms with E-state index in [4.69, 9.17) is 16.0 Å². The number of benzene rings is 1. The molecule has 5 nitrogen and oxygen atoms in total. The minimum absolute atomic E-state index is 0.137. The minimum atomic E-state index is -3.51. The maximum atomic E-state index is 12.1. The van der Waals surface area contributed by atoms with Crippen molar-refractivity contribution < 1.29 is 17.9 Å². The van der Waals surface area contributed by atoms with Crippen LogP contribution in [0.25, 0.3) is 0 Å². The molecule has 0 saturated carbocycles. The van der Waals surface area contributed by atoms with Gasteiger partial charge in [-0.15, -0.1) is 0 Å². The SMILES string of the molecule is Cc1cc(C(O)CCNS(=O)(=O)Cc2ccccc2Cl)c(C)o1. The van der Waals surface area contributed by atoms with E-state index in [9.17, 15) is 13.5 Å². The number of aryl methyl sites for hydroxylation is 2. The molecule has 1 unspecified atom stereocenters. The van der Waals surface area contributed by atoms with E-state index in [0.29, 0.717) is 21.9 Å². The van der Waals surface area contributed by atoms with Crippen molar-refractivity contribution in [3.05, 3.63) is 58.0 Å². The highest BCUT2D eigenvalue weighted by molar-refractivity contribution is 7.88. The van der Waals surface area contributed by atoms with Gasteiger partial charge in [0, 0.05) is 17.1 Å². The van der Waals surface area contributed by atoms with Gasteiger partial charge in [-0.2, -0.15) is 0 Å². The van der Waals surface area contributed by atoms with Gasteiger partial charge >= 0.3 is 0 Å². The summed E-state index contributed by atoms with van der Waals surface area (Å²) in [6.45, 7) is 3.71. The van der Waals surface area contributed by atoms with E-state index < -0.39 is 16.1 Å². The largest absolute Gasteiger partial charge is 0.466 e. The standard InChI is InChI=1S/C16H20ClNO4S/c1-11-9-14(12(2)22-11)16(19)7-8-18-23(20,21)10-13-5-3-4-6-15(13)17/h3-6,9,16,18-19H,7-8,10H2,1-2H3. The van der Waals surface area contributed by atoms with Gasteiger partial charge in [-0.25, -0.2) is 13.1 Å². The van der Waals surface area contributed by atoms with E-state index in [2.05, 4.69) is 4.72 Å². The molecule has 0 aliphatic heterocycles. The maximum absolute atomic E-state index is 12.1. The first-order valence-corrected chi connectivity index (χ1v) is 9.27. The number of nitrogens with one attached hydrogen (secondary N) is 1. The molecule has 126 valence electrons. The zero-order valence-electron chi connectivity index (χ0n) is 13.0. The summed E-state index contributed by atoms with van der Waals surface area (Å²) in [6, 6.07) is 8.58. The van der Waals surface area contributed by atoms with Crippen LogP contribution in [0.3, 0.4) is 0 Å². The van der Waals surface area contributed by atoms with Crippen LogP contribution in [-0.4, -0.2) is 20.1 Å². The Balaban J connectivity index is 1.90. The smallest absolute Gasteiger partial charge is 0.215 e. The fourth-order valence-corrected chi connectivity index (χ4v) is 3.83. The van der Waals surface area contributed by atoms with Crippen molar-refractivity contribution >= 4 is 21.6 Å². The Kier molecular flexibility index (Phi) is 5.86. The number of hydrogen-bond acceptors (Lipinski definition) is 4. The molecule has 0 radical (unpaired) electrons. The molecule has 1 atom stereocenters. The molecule has 0 aliphatic carbocycles. The van der Waals surface area contributed by atoms with E-state index in [1.54, 1.807) is 44.2 Å². The lowest BCUT2D eigenvalue weighted by Crippen LogP contribution is -2.27. The summed E-state index contributed by atoms with van der Waals surface area (Å²) >= 11 is 5.97. The Bertz CT molecular complexity index is 770. The fraction of sp³-hybridized carbons (Fsp3) is 0.375. The predicted octanol–water partition coefficient (Wildman–Crippen LogP) is 3.09. The lowest BCUT2D eigenvalue weighted by atomic mass is 10.1. The van der Waals surface area contributed by atoms with Crippen LogP contribution in [0.15, 0.2) is 34.7 Å². The predicted molar refractivity (Wildman–Crippen MR) is 89.8 cm³/mol. The van der Waals surface area contributed by atoms with Crippen molar-refractivity contribution in [3.63, 3.8) is 0 Å². The van der Waals surface area contributed by atoms with Crippen molar-refractivity contribution in [3.8, 4) is 0 Å². The Hall–Kier alpha value is -1.34. The van der Waals surface area contributed by atoms with Crippen molar-refractivity contribution in [2.75, 3.05) is 6.54 Å². The zero-order chi connectivity index (χ0) is 17.0. The normalized spacial score (nSPS) is 13.2. The molecule has 1 aromatic heterocycles. The minimum Gasteiger partial charge on any atom is -0.466 e. The maximum Gasteiger partial charge on any atom is 0.215 e. The van der Waals surface area contributed by atoms with Crippen LogP contribution >= 0.6 is 11.6 Å². The van der Waals surface area contributed by atoms with Crippen LogP contribution in [-0.2, 0) is 15.8 Å². The summed E-state index contributed by atoms with van der Waals surface area (Å²) in [7, 11) is -3.51. The number of aliphatic hydroxyl groups excluding tert-OH is 1. The van der Waals surface area contributed by atoms with Gasteiger partial charge in [0.2, 0.25) is 10.0 Å². The van der Waals surface area contributed by atoms with Gasteiger partial charge in [-0.1, -0.05) is 29.8 Å². The summed E-state index contributed by atoms with van der Waals surface area (Å²) in [4.78, 5) is 0. The third kappa shape index (κ3) is 5.07. The Morgan fingerprint density at radius 2 is 2.00 bits per heavy atom. The highest BCUT2D eigenvalue weighted by Gasteiger charge is 2.17. The molecule has 0 saturated heterocycles. The topological polar surface area (TPSA) is 79.5 Å². The first-order chi connectivity index (χ1) is 10.8. The molecular weight excluding hydrogens is 338 g/mol. The van der Waals surface area contributed by atoms with E-state index in [-0.39, 0.29) is 18.7 Å². The molecule has 1 aromatic carbocycles. The number of halogens is 1. The highest BCUT2D eigenvalue weighted by atomic mass is 35.5. The van der Waals surface area contributed by atoms with Gasteiger partial charge in [-0.3, -0.25) is 0 Å². The molecule has 23 heavy (non-hydrogen) atoms. The summed E-state index contributed by atoms with van der Waals surface area (Å²) in [5.41, 5.74) is 1.23. The van der Waals surface area contributed by atoms with Crippen LogP contribution < -0.4 is 4.72 Å². The summed E-state index contributed by atoms with van der Waals surface area (Å²) in [5, 5.41) is 10.5. The second-order valence-corrected chi connectivity index (χ2v) is 7.63. The van der Waals surface area contributed by atoms with Gasteiger partial charge in [0.15, 0.2) is 0 Å². The summed E-state index contributed by atoms with van der Waals surface area (Å²) in [5.74, 6) is 1.18. The third-order valence-corrected chi connectivity index (χ3v) is 5.19. The van der Waals surface area contributed by atoms with Crippen LogP contribution in [0.1, 0.15) is 35.2 Å². The molecule has 2 N–H and O–H groups in total. The molecule has 0 bridgehead atoms. The molecule has 7 heteroatoms. The van der Waals surface area contributed by atoms with Crippen molar-refractivity contribution in [2.24, 2.45) is 0 Å². The monoisotopic (exact) mass is 357 g/mol. The number of aliphatic hydroxyl groups is 1. The molecule has 2 aromatic rings. The van der Waals surface area contributed by atoms with Crippen LogP contribution in [0, 0.1) is 13.8 Å². The summed E-state index contributed by atoms with van der Waals surface area (Å²) < 4.78 is 32.0. The van der Waals surface area contributed by atoms with Gasteiger partial charge in [0.25, 0.3) is 0 Å². The third-order valence-electron chi connectivity index (χ3n) is 3.48. The van der Waals surface area contributed by atoms with Crippen LogP contribution in [0.2, 0.25) is 5.02 Å². The molecule has 1 heterocycles. The van der Waals surface area contributed by atoms with Crippen LogP contribution in [0.5, 0.6) is 0 Å². The molecule has 0 spiro atoms. The number of sulfonamides is 1. The lowest BCUT2D eigenvalue weighted by molar-refractivity contribution is 0.167. The quantitative estimate of drug-likeness (QED) is 0.798. The molecule has 2 rings (SSSR count). The van der Waals surface area contributed by atoms with E-state index in [1.807, 2.05) is 0 Å². The highest BCUT2D eigenvalue weighted by Crippen LogP contribution is 2.23. The molecule has 0 fully saturated rings. The fourth-order valence-electron chi connectivity index (χ4n) is 2.36. The Morgan fingerprint density at radius 3 is 2.61 bits per heavy atom. The van der Waals surface area contributed by atoms with Gasteiger partial charge < -0.3 is 9.52 Å². The van der Waals surface area contributed by atoms with E-state index in [1.165, 1.54) is 0 Å². The van der Waals surface area contributed by atoms with Crippen LogP contribution in [0.4, 0.5) is 0 Å². The van der Waals surface area contributed by atoms with Crippen molar-refractivity contribution in [1.82, 2.24) is 4.72 Å². The lowest BCUT2D eigenvalue weighted by Gasteiger charge is -2.11. The molecule has 0 aliphatic rings. The number of rotatable bonds is 7. The van der Waals surface area contributed by atoms with Gasteiger partial charge in [0.1, 0.15) is 11.5 Å². The first kappa shape index (κ1) is 18.0. The number of furan rings is 1. The number of hydrogen-bond donors (Lipinski definition) is 2. The summed E-state index contributed by atoms with van der Waals surface area (Å²) in [6.07, 6.45) is -0.503.